The van der Waals surface area contributed by atoms with Gasteiger partial charge in [-0.2, -0.15) is 0 Å². The normalized spacial score (nSPS) is 11.6. The third-order valence-electron chi connectivity index (χ3n) is 2.22. The summed E-state index contributed by atoms with van der Waals surface area (Å²) in [7, 11) is 0. The summed E-state index contributed by atoms with van der Waals surface area (Å²) in [5.41, 5.74) is 1.48. The Hall–Kier alpha value is -1.91. The van der Waals surface area contributed by atoms with Gasteiger partial charge in [0, 0.05) is 23.9 Å². The number of benzene rings is 1. The van der Waals surface area contributed by atoms with Crippen LogP contribution in [0.25, 0.3) is 0 Å². The molecule has 0 radical (unpaired) electrons. The lowest BCUT2D eigenvalue weighted by atomic mass is 10.1. The number of nitro benzene ring substituents is 1. The van der Waals surface area contributed by atoms with Gasteiger partial charge in [0.25, 0.3) is 0 Å². The zero-order chi connectivity index (χ0) is 12.3. The van der Waals surface area contributed by atoms with Crippen molar-refractivity contribution < 1.29 is 10.0 Å². The Morgan fingerprint density at radius 3 is 2.69 bits per heavy atom. The maximum absolute atomic E-state index is 10.7. The predicted molar refractivity (Wildman–Crippen MR) is 62.3 cm³/mol. The minimum Gasteiger partial charge on any atom is -0.502 e. The van der Waals surface area contributed by atoms with Crippen molar-refractivity contribution >= 4 is 11.4 Å². The first kappa shape index (κ1) is 12.2. The van der Waals surface area contributed by atoms with E-state index in [1.807, 2.05) is 6.92 Å². The summed E-state index contributed by atoms with van der Waals surface area (Å²) in [6, 6.07) is 3.04. The Kier molecular flexibility index (Phi) is 3.60. The van der Waals surface area contributed by atoms with E-state index in [4.69, 9.17) is 0 Å². The van der Waals surface area contributed by atoms with E-state index >= 15 is 0 Å². The van der Waals surface area contributed by atoms with Gasteiger partial charge in [-0.25, -0.2) is 0 Å². The SMILES string of the molecule is CCN=C(C)c1cc(C)cc([N+](=O)[O-])c1O. The van der Waals surface area contributed by atoms with Crippen LogP contribution in [-0.2, 0) is 0 Å². The second-order valence-corrected chi connectivity index (χ2v) is 3.50. The molecule has 1 aromatic rings. The second kappa shape index (κ2) is 4.74. The molecular weight excluding hydrogens is 208 g/mol. The highest BCUT2D eigenvalue weighted by Crippen LogP contribution is 2.31. The van der Waals surface area contributed by atoms with Crippen molar-refractivity contribution in [1.82, 2.24) is 0 Å². The quantitative estimate of drug-likeness (QED) is 0.484. The van der Waals surface area contributed by atoms with E-state index in [-0.39, 0.29) is 11.4 Å². The van der Waals surface area contributed by atoms with Crippen LogP contribution in [0, 0.1) is 17.0 Å². The van der Waals surface area contributed by atoms with Gasteiger partial charge in [0.05, 0.1) is 4.92 Å². The fourth-order valence-corrected chi connectivity index (χ4v) is 1.50. The van der Waals surface area contributed by atoms with Crippen LogP contribution in [0.2, 0.25) is 0 Å². The van der Waals surface area contributed by atoms with Crippen LogP contribution < -0.4 is 0 Å². The van der Waals surface area contributed by atoms with Gasteiger partial charge in [0.2, 0.25) is 5.75 Å². The Bertz CT molecular complexity index is 453. The zero-order valence-corrected chi connectivity index (χ0v) is 9.52. The van der Waals surface area contributed by atoms with E-state index in [1.54, 1.807) is 19.9 Å². The summed E-state index contributed by atoms with van der Waals surface area (Å²) in [5, 5.41) is 20.5. The summed E-state index contributed by atoms with van der Waals surface area (Å²) in [5.74, 6) is -0.315. The molecule has 5 nitrogen and oxygen atoms in total. The molecule has 0 fully saturated rings. The monoisotopic (exact) mass is 222 g/mol. The molecule has 1 rings (SSSR count). The molecule has 16 heavy (non-hydrogen) atoms. The number of phenolic OH excluding ortho intramolecular Hbond substituents is 1. The van der Waals surface area contributed by atoms with Gasteiger partial charge in [-0.3, -0.25) is 15.1 Å². The van der Waals surface area contributed by atoms with Gasteiger partial charge in [-0.05, 0) is 32.4 Å². The molecule has 0 aliphatic rings. The highest BCUT2D eigenvalue weighted by atomic mass is 16.6. The van der Waals surface area contributed by atoms with Crippen molar-refractivity contribution in [2.24, 2.45) is 4.99 Å². The third kappa shape index (κ3) is 2.36. The van der Waals surface area contributed by atoms with Crippen molar-refractivity contribution in [3.8, 4) is 5.75 Å². The van der Waals surface area contributed by atoms with Crippen molar-refractivity contribution in [2.45, 2.75) is 20.8 Å². The van der Waals surface area contributed by atoms with Crippen LogP contribution in [-0.4, -0.2) is 22.3 Å². The fourth-order valence-electron chi connectivity index (χ4n) is 1.50. The molecule has 0 saturated carbocycles. The molecule has 1 aromatic carbocycles. The number of nitro groups is 1. The highest BCUT2D eigenvalue weighted by molar-refractivity contribution is 6.02. The number of rotatable bonds is 3. The maximum Gasteiger partial charge on any atom is 0.311 e. The number of aliphatic imine (C=N–C) groups is 1. The van der Waals surface area contributed by atoms with E-state index in [1.165, 1.54) is 6.07 Å². The molecular formula is C11H14N2O3. The number of phenols is 1. The molecule has 0 saturated heterocycles. The van der Waals surface area contributed by atoms with Crippen LogP contribution in [0.4, 0.5) is 5.69 Å². The van der Waals surface area contributed by atoms with Crippen LogP contribution in [0.15, 0.2) is 17.1 Å². The predicted octanol–water partition coefficient (Wildman–Crippen LogP) is 2.44. The molecule has 1 N–H and O–H groups in total. The molecule has 0 bridgehead atoms. The van der Waals surface area contributed by atoms with E-state index in [0.717, 1.165) is 5.56 Å². The molecule has 0 spiro atoms. The third-order valence-corrected chi connectivity index (χ3v) is 2.22. The molecule has 0 amide bonds. The van der Waals surface area contributed by atoms with E-state index in [9.17, 15) is 15.2 Å². The second-order valence-electron chi connectivity index (χ2n) is 3.50. The zero-order valence-electron chi connectivity index (χ0n) is 9.52. The summed E-state index contributed by atoms with van der Waals surface area (Å²) in [6.45, 7) is 5.91. The van der Waals surface area contributed by atoms with Gasteiger partial charge in [-0.1, -0.05) is 0 Å². The Balaban J connectivity index is 3.41. The number of aryl methyl sites for hydroxylation is 1. The largest absolute Gasteiger partial charge is 0.502 e. The maximum atomic E-state index is 10.7. The van der Waals surface area contributed by atoms with Gasteiger partial charge < -0.3 is 5.11 Å². The number of aromatic hydroxyl groups is 1. The summed E-state index contributed by atoms with van der Waals surface area (Å²) in [4.78, 5) is 14.3. The van der Waals surface area contributed by atoms with Crippen LogP contribution in [0.3, 0.4) is 0 Å². The number of hydrogen-bond donors (Lipinski definition) is 1. The Morgan fingerprint density at radius 2 is 2.19 bits per heavy atom. The first-order valence-electron chi connectivity index (χ1n) is 4.96. The molecule has 86 valence electrons. The van der Waals surface area contributed by atoms with Crippen molar-refractivity contribution in [1.29, 1.82) is 0 Å². The van der Waals surface area contributed by atoms with Gasteiger partial charge >= 0.3 is 5.69 Å². The van der Waals surface area contributed by atoms with Crippen molar-refractivity contribution in [2.75, 3.05) is 6.54 Å². The van der Waals surface area contributed by atoms with Gasteiger partial charge in [0.15, 0.2) is 0 Å². The number of hydrogen-bond acceptors (Lipinski definition) is 4. The lowest BCUT2D eigenvalue weighted by Crippen LogP contribution is -2.00. The minimum absolute atomic E-state index is 0.277. The average molecular weight is 222 g/mol. The molecule has 0 unspecified atom stereocenters. The van der Waals surface area contributed by atoms with Crippen LogP contribution >= 0.6 is 0 Å². The summed E-state index contributed by atoms with van der Waals surface area (Å²) in [6.07, 6.45) is 0. The first-order chi connectivity index (χ1) is 7.47. The van der Waals surface area contributed by atoms with Crippen LogP contribution in [0.5, 0.6) is 5.75 Å². The smallest absolute Gasteiger partial charge is 0.311 e. The van der Waals surface area contributed by atoms with Crippen molar-refractivity contribution in [3.63, 3.8) is 0 Å². The molecule has 0 aliphatic heterocycles. The fraction of sp³-hybridized carbons (Fsp3) is 0.364. The summed E-state index contributed by atoms with van der Waals surface area (Å²) < 4.78 is 0. The van der Waals surface area contributed by atoms with E-state index in [2.05, 4.69) is 4.99 Å². The lowest BCUT2D eigenvalue weighted by Gasteiger charge is -2.06. The highest BCUT2D eigenvalue weighted by Gasteiger charge is 2.19. The topological polar surface area (TPSA) is 75.7 Å². The van der Waals surface area contributed by atoms with Gasteiger partial charge in [-0.15, -0.1) is 0 Å². The van der Waals surface area contributed by atoms with E-state index in [0.29, 0.717) is 17.8 Å². The lowest BCUT2D eigenvalue weighted by molar-refractivity contribution is -0.385. The van der Waals surface area contributed by atoms with Crippen molar-refractivity contribution in [3.05, 3.63) is 33.4 Å². The first-order valence-corrected chi connectivity index (χ1v) is 4.96. The molecule has 0 atom stereocenters. The van der Waals surface area contributed by atoms with Gasteiger partial charge in [0.1, 0.15) is 0 Å². The Morgan fingerprint density at radius 1 is 1.56 bits per heavy atom. The minimum atomic E-state index is -0.592. The van der Waals surface area contributed by atoms with E-state index < -0.39 is 4.92 Å². The standard InChI is InChI=1S/C11H14N2O3/c1-4-12-8(3)9-5-7(2)6-10(11(9)14)13(15)16/h5-6,14H,4H2,1-3H3. The molecule has 0 aliphatic carbocycles. The Labute approximate surface area is 93.6 Å². The van der Waals surface area contributed by atoms with Crippen LogP contribution in [0.1, 0.15) is 25.0 Å². The molecule has 0 heterocycles. The summed E-state index contributed by atoms with van der Waals surface area (Å²) >= 11 is 0. The molecule has 5 heteroatoms. The molecule has 0 aromatic heterocycles. The average Bonchev–Trinajstić information content (AvgIpc) is 2.20. The number of nitrogens with zero attached hydrogens (tertiary/aromatic N) is 2.